The maximum absolute atomic E-state index is 11.7. The number of ether oxygens (including phenoxy) is 2. The van der Waals surface area contributed by atoms with Gasteiger partial charge in [-0.2, -0.15) is 0 Å². The lowest BCUT2D eigenvalue weighted by molar-refractivity contribution is -0.161. The van der Waals surface area contributed by atoms with Crippen LogP contribution >= 0.6 is 0 Å². The number of nitrogens with zero attached hydrogens (tertiary/aromatic N) is 4. The van der Waals surface area contributed by atoms with Gasteiger partial charge in [-0.1, -0.05) is 0 Å². The van der Waals surface area contributed by atoms with Crippen LogP contribution in [0.3, 0.4) is 0 Å². The van der Waals surface area contributed by atoms with E-state index in [1.807, 2.05) is 0 Å². The molecule has 0 saturated carbocycles. The van der Waals surface area contributed by atoms with Crippen molar-refractivity contribution in [1.82, 2.24) is 19.5 Å². The number of aliphatic hydroxyl groups is 2. The Morgan fingerprint density at radius 3 is 2.91 bits per heavy atom. The molecule has 4 N–H and O–H groups in total. The van der Waals surface area contributed by atoms with E-state index in [2.05, 4.69) is 15.0 Å². The minimum absolute atomic E-state index is 0.143. The summed E-state index contributed by atoms with van der Waals surface area (Å²) in [6.07, 6.45) is -2.48. The number of nitrogens with two attached hydrogens (primary N) is 1. The lowest BCUT2D eigenvalue weighted by atomic mass is 10.1. The fourth-order valence-electron chi connectivity index (χ4n) is 2.36. The van der Waals surface area contributed by atoms with Gasteiger partial charge in [0.2, 0.25) is 0 Å². The van der Waals surface area contributed by atoms with E-state index in [0.717, 1.165) is 0 Å². The molecule has 1 fully saturated rings. The van der Waals surface area contributed by atoms with Gasteiger partial charge in [-0.25, -0.2) is 19.7 Å². The predicted molar refractivity (Wildman–Crippen MR) is 72.3 cm³/mol. The molecular weight excluding hydrogens is 294 g/mol. The van der Waals surface area contributed by atoms with Crippen LogP contribution in [0.2, 0.25) is 0 Å². The molecule has 3 rings (SSSR count). The summed E-state index contributed by atoms with van der Waals surface area (Å²) in [6, 6.07) is 0. The largest absolute Gasteiger partial charge is 0.464 e. The number of aliphatic hydroxyl groups excluding tert-OH is 2. The molecule has 2 aromatic rings. The van der Waals surface area contributed by atoms with Gasteiger partial charge in [0.25, 0.3) is 0 Å². The minimum Gasteiger partial charge on any atom is -0.464 e. The van der Waals surface area contributed by atoms with E-state index < -0.39 is 30.5 Å². The number of anilines is 1. The molecule has 1 saturated heterocycles. The number of hydrogen-bond donors (Lipinski definition) is 3. The third-order valence-electron chi connectivity index (χ3n) is 3.42. The van der Waals surface area contributed by atoms with Gasteiger partial charge >= 0.3 is 5.97 Å². The summed E-state index contributed by atoms with van der Waals surface area (Å²) >= 11 is 0. The molecule has 22 heavy (non-hydrogen) atoms. The molecule has 0 bridgehead atoms. The number of rotatable bonds is 3. The van der Waals surface area contributed by atoms with Gasteiger partial charge in [-0.15, -0.1) is 0 Å². The van der Waals surface area contributed by atoms with Crippen molar-refractivity contribution in [1.29, 1.82) is 0 Å². The Hall–Kier alpha value is -2.30. The number of carbonyl (C=O) groups excluding carboxylic acids is 1. The average Bonchev–Trinajstić information content (AvgIpc) is 3.03. The topological polar surface area (TPSA) is 146 Å². The van der Waals surface area contributed by atoms with Crippen LogP contribution in [0.1, 0.15) is 13.2 Å². The molecule has 10 nitrogen and oxygen atoms in total. The molecule has 1 aliphatic heterocycles. The fourth-order valence-corrected chi connectivity index (χ4v) is 2.36. The van der Waals surface area contributed by atoms with Gasteiger partial charge in [0.15, 0.2) is 23.8 Å². The van der Waals surface area contributed by atoms with Crippen molar-refractivity contribution in [2.45, 2.75) is 31.5 Å². The molecule has 118 valence electrons. The maximum atomic E-state index is 11.7. The number of fused-ring (bicyclic) bond motifs is 1. The number of hydrogen-bond acceptors (Lipinski definition) is 9. The Morgan fingerprint density at radius 1 is 1.41 bits per heavy atom. The van der Waals surface area contributed by atoms with Crippen molar-refractivity contribution in [3.8, 4) is 0 Å². The van der Waals surface area contributed by atoms with E-state index in [1.54, 1.807) is 6.92 Å². The second-order valence-corrected chi connectivity index (χ2v) is 4.76. The first kappa shape index (κ1) is 14.6. The lowest BCUT2D eigenvalue weighted by Crippen LogP contribution is -2.37. The Labute approximate surface area is 124 Å². The smallest absolute Gasteiger partial charge is 0.338 e. The lowest BCUT2D eigenvalue weighted by Gasteiger charge is -2.16. The van der Waals surface area contributed by atoms with Crippen LogP contribution in [-0.4, -0.2) is 60.6 Å². The van der Waals surface area contributed by atoms with Crippen LogP contribution < -0.4 is 5.73 Å². The number of esters is 1. The Morgan fingerprint density at radius 2 is 2.18 bits per heavy atom. The second kappa shape index (κ2) is 5.48. The molecule has 4 atom stereocenters. The summed E-state index contributed by atoms with van der Waals surface area (Å²) in [5.74, 6) is -0.561. The highest BCUT2D eigenvalue weighted by Crippen LogP contribution is 2.32. The fraction of sp³-hybridized carbons (Fsp3) is 0.500. The van der Waals surface area contributed by atoms with Crippen LogP contribution in [0, 0.1) is 0 Å². The first-order valence-electron chi connectivity index (χ1n) is 6.65. The first-order chi connectivity index (χ1) is 10.5. The van der Waals surface area contributed by atoms with Crippen molar-refractivity contribution < 1.29 is 24.5 Å². The molecule has 1 aliphatic rings. The maximum Gasteiger partial charge on any atom is 0.338 e. The highest BCUT2D eigenvalue weighted by atomic mass is 16.6. The minimum atomic E-state index is -1.42. The Balaban J connectivity index is 1.94. The highest BCUT2D eigenvalue weighted by molar-refractivity contribution is 5.81. The summed E-state index contributed by atoms with van der Waals surface area (Å²) in [7, 11) is 0. The van der Waals surface area contributed by atoms with Gasteiger partial charge in [-0.3, -0.25) is 4.57 Å². The quantitative estimate of drug-likeness (QED) is 0.582. The first-order valence-corrected chi connectivity index (χ1v) is 6.65. The summed E-state index contributed by atoms with van der Waals surface area (Å²) in [4.78, 5) is 23.6. The summed E-state index contributed by atoms with van der Waals surface area (Å²) < 4.78 is 11.6. The van der Waals surface area contributed by atoms with Crippen LogP contribution in [0.5, 0.6) is 0 Å². The summed E-state index contributed by atoms with van der Waals surface area (Å²) in [5.41, 5.74) is 6.36. The zero-order valence-electron chi connectivity index (χ0n) is 11.7. The molecule has 0 aromatic carbocycles. The van der Waals surface area contributed by atoms with Crippen LogP contribution in [-0.2, 0) is 14.3 Å². The van der Waals surface area contributed by atoms with Crippen LogP contribution in [0.4, 0.5) is 5.82 Å². The highest BCUT2D eigenvalue weighted by Gasteiger charge is 2.48. The summed E-state index contributed by atoms with van der Waals surface area (Å²) in [6.45, 7) is 1.78. The molecule has 0 spiro atoms. The van der Waals surface area contributed by atoms with Gasteiger partial charge in [0.05, 0.1) is 12.9 Å². The Bertz CT molecular complexity index is 704. The van der Waals surface area contributed by atoms with Gasteiger partial charge in [-0.05, 0) is 6.92 Å². The van der Waals surface area contributed by atoms with E-state index in [9.17, 15) is 15.0 Å². The van der Waals surface area contributed by atoms with Crippen molar-refractivity contribution >= 4 is 23.0 Å². The van der Waals surface area contributed by atoms with Gasteiger partial charge in [0.1, 0.15) is 24.1 Å². The molecule has 0 amide bonds. The molecule has 0 radical (unpaired) electrons. The van der Waals surface area contributed by atoms with E-state index >= 15 is 0 Å². The van der Waals surface area contributed by atoms with Crippen LogP contribution in [0.15, 0.2) is 12.7 Å². The van der Waals surface area contributed by atoms with E-state index in [0.29, 0.717) is 11.2 Å². The van der Waals surface area contributed by atoms with Crippen LogP contribution in [0.25, 0.3) is 11.2 Å². The predicted octanol–water partition coefficient (Wildman–Crippen LogP) is -1.41. The molecule has 0 aliphatic carbocycles. The average molecular weight is 309 g/mol. The molecule has 3 heterocycles. The number of nitrogen functional groups attached to an aromatic ring is 1. The second-order valence-electron chi connectivity index (χ2n) is 4.76. The van der Waals surface area contributed by atoms with Gasteiger partial charge < -0.3 is 25.4 Å². The van der Waals surface area contributed by atoms with E-state index in [4.69, 9.17) is 15.2 Å². The number of imidazole rings is 1. The molecule has 0 unspecified atom stereocenters. The van der Waals surface area contributed by atoms with Gasteiger partial charge in [0, 0.05) is 0 Å². The SMILES string of the molecule is CCOC(=O)[C@H]1O[C@@H](n2cnc3c(N)ncnc32)[C@@H](O)[C@@H]1O. The van der Waals surface area contributed by atoms with Crippen molar-refractivity contribution in [3.05, 3.63) is 12.7 Å². The van der Waals surface area contributed by atoms with Crippen molar-refractivity contribution in [3.63, 3.8) is 0 Å². The third-order valence-corrected chi connectivity index (χ3v) is 3.42. The standard InChI is InChI=1S/C12H15N5O5/c1-2-21-12(20)8-6(18)7(19)11(22-8)17-4-16-5-9(13)14-3-15-10(5)17/h3-4,6-8,11,18-19H,2H2,1H3,(H2,13,14,15)/t6-,7-,8-,11+/m0/s1. The normalized spacial score (nSPS) is 28.1. The van der Waals surface area contributed by atoms with Crippen molar-refractivity contribution in [2.24, 2.45) is 0 Å². The number of carbonyl (C=O) groups is 1. The Kier molecular flexibility index (Phi) is 3.64. The van der Waals surface area contributed by atoms with E-state index in [-0.39, 0.29) is 12.4 Å². The van der Waals surface area contributed by atoms with Crippen molar-refractivity contribution in [2.75, 3.05) is 12.3 Å². The molecular formula is C12H15N5O5. The number of aromatic nitrogens is 4. The zero-order valence-corrected chi connectivity index (χ0v) is 11.7. The molecule has 2 aromatic heterocycles. The van der Waals surface area contributed by atoms with E-state index in [1.165, 1.54) is 17.2 Å². The zero-order chi connectivity index (χ0) is 15.9. The summed E-state index contributed by atoms with van der Waals surface area (Å²) in [5, 5.41) is 20.1. The third kappa shape index (κ3) is 2.17. The monoisotopic (exact) mass is 309 g/mol. The molecule has 10 heteroatoms.